The molecule has 0 saturated heterocycles. The number of thiazole rings is 2. The van der Waals surface area contributed by atoms with Gasteiger partial charge in [0.2, 0.25) is 0 Å². The van der Waals surface area contributed by atoms with Crippen molar-refractivity contribution in [3.8, 4) is 0 Å². The maximum Gasteiger partial charge on any atom is 0.0933 e. The van der Waals surface area contributed by atoms with Crippen LogP contribution in [0.5, 0.6) is 0 Å². The molecule has 0 aliphatic rings. The van der Waals surface area contributed by atoms with Crippen LogP contribution in [0.3, 0.4) is 0 Å². The molecule has 2 aromatic carbocycles. The molecule has 5 aromatic heterocycles. The van der Waals surface area contributed by atoms with Crippen molar-refractivity contribution in [3.05, 3.63) is 176 Å². The van der Waals surface area contributed by atoms with E-state index in [1.807, 2.05) is 46.4 Å². The van der Waals surface area contributed by atoms with Gasteiger partial charge in [-0.15, -0.1) is 45.3 Å². The quantitative estimate of drug-likeness (QED) is 0.160. The van der Waals surface area contributed by atoms with E-state index in [9.17, 15) is 0 Å². The Bertz CT molecular complexity index is 3120. The average molecular weight is 1460 g/mol. The van der Waals surface area contributed by atoms with Crippen LogP contribution in [0.25, 0.3) is 0 Å². The molecule has 0 saturated carbocycles. The summed E-state index contributed by atoms with van der Waals surface area (Å²) in [5, 5.41) is 7.03. The zero-order valence-electron chi connectivity index (χ0n) is 73.7. The number of thiophene rings is 2. The molecule has 0 radical (unpaired) electrons. The van der Waals surface area contributed by atoms with Crippen LogP contribution < -0.4 is 0 Å². The Morgan fingerprint density at radius 2 is 0.703 bits per heavy atom. The first-order valence-corrected chi connectivity index (χ1v) is 41.4. The molecule has 0 spiro atoms. The van der Waals surface area contributed by atoms with Crippen LogP contribution in [-0.4, -0.2) is 15.0 Å². The Morgan fingerprint density at radius 3 is 1.09 bits per heavy atom. The van der Waals surface area contributed by atoms with E-state index in [1.54, 1.807) is 11.3 Å². The summed E-state index contributed by atoms with van der Waals surface area (Å²) in [5.41, 5.74) is 15.3. The third-order valence-corrected chi connectivity index (χ3v) is 20.5. The zero-order valence-corrected chi connectivity index (χ0v) is 77.0. The molecule has 0 atom stereocenters. The van der Waals surface area contributed by atoms with Crippen molar-refractivity contribution < 1.29 is 0 Å². The maximum atomic E-state index is 4.69. The highest BCUT2D eigenvalue weighted by atomic mass is 32.1. The lowest BCUT2D eigenvalue weighted by molar-refractivity contribution is 0.405. The standard InChI is InChI=1S/2C15H24.C14H23N.2C13H22S.2C12H21NS/c1-14(2,3)11-12-7-9-13(10-8-12)15(4,5)6;1-14(2,3)11-12-8-7-9-13(10-12)15(4,5)6;1-13(2,3)10-12-9-11(7-8-15-12)14(4,5)6;1-12(2,3)8-11-7-10(9-14-11)13(4,5)6;1-12(2,3)9-10-7-8-11(14-10)13(4,5)6;1-11(2,3)7-10-13-9(8-14-10)12(4,5)6;1-11(2,3)7-10-13-8-9(14-10)12(4,5)6/h2*7-10H,11H2,1-6H3;7-9H,10H2,1-6H3;7,9H,8H2,1-6H3;7-8H,9H2,1-6H3;2*8H,7H2,1-6H3. The molecule has 7 rings (SSSR count). The molecule has 0 fully saturated rings. The van der Waals surface area contributed by atoms with Crippen LogP contribution in [0.15, 0.2) is 102 Å². The average Bonchev–Trinajstić information content (AvgIpc) is 1.54. The van der Waals surface area contributed by atoms with Crippen molar-refractivity contribution >= 4 is 45.3 Å². The summed E-state index contributed by atoms with van der Waals surface area (Å²) in [4.78, 5) is 19.5. The van der Waals surface area contributed by atoms with Crippen LogP contribution in [0.1, 0.15) is 365 Å². The smallest absolute Gasteiger partial charge is 0.0933 e. The van der Waals surface area contributed by atoms with Crippen LogP contribution in [-0.2, 0) is 82.9 Å². The van der Waals surface area contributed by atoms with Gasteiger partial charge in [-0.25, -0.2) is 9.97 Å². The van der Waals surface area contributed by atoms with Crippen molar-refractivity contribution in [1.29, 1.82) is 0 Å². The van der Waals surface area contributed by atoms with Gasteiger partial charge >= 0.3 is 0 Å². The molecule has 7 aromatic rings. The largest absolute Gasteiger partial charge is 0.261 e. The number of benzene rings is 2. The molecule has 101 heavy (non-hydrogen) atoms. The summed E-state index contributed by atoms with van der Waals surface area (Å²) in [6.45, 7) is 95.0. The second kappa shape index (κ2) is 37.2. The second-order valence-electron chi connectivity index (χ2n) is 44.7. The fraction of sp³-hybridized carbons (Fsp3) is 0.670. The lowest BCUT2D eigenvalue weighted by atomic mass is 9.83. The number of pyridine rings is 1. The van der Waals surface area contributed by atoms with Gasteiger partial charge in [-0.3, -0.25) is 4.98 Å². The predicted octanol–water partition coefficient (Wildman–Crippen LogP) is 30.4. The molecule has 0 bridgehead atoms. The molecule has 572 valence electrons. The van der Waals surface area contributed by atoms with Crippen molar-refractivity contribution in [3.63, 3.8) is 0 Å². The van der Waals surface area contributed by atoms with Gasteiger partial charge in [-0.1, -0.05) is 339 Å². The third kappa shape index (κ3) is 44.1. The van der Waals surface area contributed by atoms with Gasteiger partial charge in [-0.2, -0.15) is 0 Å². The summed E-state index contributed by atoms with van der Waals surface area (Å²) in [6.07, 6.45) is 11.8. The molecule has 0 aliphatic heterocycles. The molecule has 0 aliphatic carbocycles. The van der Waals surface area contributed by atoms with Crippen molar-refractivity contribution in [1.82, 2.24) is 15.0 Å². The molecular formula is C94H157N3S4. The number of hydrogen-bond acceptors (Lipinski definition) is 7. The van der Waals surface area contributed by atoms with Gasteiger partial charge in [0.05, 0.1) is 15.7 Å². The normalized spacial score (nSPS) is 13.1. The summed E-state index contributed by atoms with van der Waals surface area (Å²) in [6, 6.07) is 29.4. The van der Waals surface area contributed by atoms with E-state index < -0.39 is 0 Å². The zero-order chi connectivity index (χ0) is 79.0. The first-order chi connectivity index (χ1) is 44.8. The summed E-state index contributed by atoms with van der Waals surface area (Å²) in [5.74, 6) is 0. The third-order valence-electron chi connectivity index (χ3n) is 15.8. The molecule has 3 nitrogen and oxygen atoms in total. The highest BCUT2D eigenvalue weighted by molar-refractivity contribution is 7.12. The Labute approximate surface area is 643 Å². The lowest BCUT2D eigenvalue weighted by Gasteiger charge is -2.22. The lowest BCUT2D eigenvalue weighted by Crippen LogP contribution is -2.14. The Morgan fingerprint density at radius 1 is 0.277 bits per heavy atom. The first-order valence-electron chi connectivity index (χ1n) is 38.0. The summed E-state index contributed by atoms with van der Waals surface area (Å²) in [7, 11) is 0. The van der Waals surface area contributed by atoms with Crippen molar-refractivity contribution in [2.75, 3.05) is 0 Å². The Balaban J connectivity index is 0.000000589. The van der Waals surface area contributed by atoms with Gasteiger partial charge in [-0.05, 0) is 172 Å². The first kappa shape index (κ1) is 95.3. The van der Waals surface area contributed by atoms with Crippen LogP contribution in [0.4, 0.5) is 0 Å². The number of nitrogens with zero attached hydrogens (tertiary/aromatic N) is 3. The summed E-state index contributed by atoms with van der Waals surface area (Å²) >= 11 is 7.52. The van der Waals surface area contributed by atoms with Gasteiger partial charge in [0.25, 0.3) is 0 Å². The molecule has 5 heterocycles. The van der Waals surface area contributed by atoms with Gasteiger partial charge < -0.3 is 0 Å². The van der Waals surface area contributed by atoms with Crippen molar-refractivity contribution in [2.45, 2.75) is 374 Å². The Kier molecular flexibility index (Phi) is 35.1. The number of aromatic nitrogens is 3. The monoisotopic (exact) mass is 1460 g/mol. The number of hydrogen-bond donors (Lipinski definition) is 0. The van der Waals surface area contributed by atoms with E-state index in [0.717, 1.165) is 32.1 Å². The van der Waals surface area contributed by atoms with Crippen LogP contribution in [0.2, 0.25) is 0 Å². The fourth-order valence-electron chi connectivity index (χ4n) is 10.3. The molecule has 0 unspecified atom stereocenters. The van der Waals surface area contributed by atoms with Gasteiger partial charge in [0.1, 0.15) is 0 Å². The second-order valence-corrected chi connectivity index (χ2v) is 48.9. The summed E-state index contributed by atoms with van der Waals surface area (Å²) < 4.78 is 0. The van der Waals surface area contributed by atoms with E-state index in [0.29, 0.717) is 48.7 Å². The van der Waals surface area contributed by atoms with E-state index in [1.165, 1.54) is 87.1 Å². The SMILES string of the molecule is CC(C)(C)Cc1cc(C(C)(C)C)ccn1.CC(C)(C)Cc1cc(C(C)(C)C)cs1.CC(C)(C)Cc1ccc(C(C)(C)C)cc1.CC(C)(C)Cc1ccc(C(C)(C)C)s1.CC(C)(C)Cc1cccc(C(C)(C)C)c1.CC(C)(C)Cc1nc(C(C)(C)C)cs1.CC(C)(C)Cc1ncc(C(C)(C)C)s1. The minimum atomic E-state index is 0.187. The van der Waals surface area contributed by atoms with E-state index in [-0.39, 0.29) is 27.1 Å². The van der Waals surface area contributed by atoms with Gasteiger partial charge in [0.15, 0.2) is 0 Å². The highest BCUT2D eigenvalue weighted by Crippen LogP contribution is 2.36. The maximum absolute atomic E-state index is 4.69. The highest BCUT2D eigenvalue weighted by Gasteiger charge is 2.25. The number of rotatable bonds is 7. The fourth-order valence-corrected chi connectivity index (χ4v) is 15.6. The van der Waals surface area contributed by atoms with E-state index in [4.69, 9.17) is 0 Å². The molecule has 7 heteroatoms. The van der Waals surface area contributed by atoms with E-state index >= 15 is 0 Å². The molecule has 0 amide bonds. The molecule has 0 N–H and O–H groups in total. The van der Waals surface area contributed by atoms with Crippen LogP contribution >= 0.6 is 45.3 Å². The Hall–Kier alpha value is -3.75. The van der Waals surface area contributed by atoms with E-state index in [2.05, 4.69) is 395 Å². The molecular weight excluding hydrogens is 1300 g/mol. The topological polar surface area (TPSA) is 38.7 Å². The minimum absolute atomic E-state index is 0.187. The predicted molar refractivity (Wildman–Crippen MR) is 463 cm³/mol. The van der Waals surface area contributed by atoms with Crippen molar-refractivity contribution in [2.24, 2.45) is 37.9 Å². The minimum Gasteiger partial charge on any atom is -0.261 e. The van der Waals surface area contributed by atoms with Crippen LogP contribution in [0, 0.1) is 37.9 Å². The van der Waals surface area contributed by atoms with Gasteiger partial charge in [0, 0.05) is 61.2 Å².